The van der Waals surface area contributed by atoms with E-state index in [-0.39, 0.29) is 11.5 Å². The number of carbonyl (C=O) groups is 1. The first-order valence-corrected chi connectivity index (χ1v) is 7.44. The Morgan fingerprint density at radius 1 is 1.14 bits per heavy atom. The lowest BCUT2D eigenvalue weighted by molar-refractivity contribution is 0.0741. The fourth-order valence-corrected chi connectivity index (χ4v) is 2.93. The summed E-state index contributed by atoms with van der Waals surface area (Å²) in [4.78, 5) is 14.9. The van der Waals surface area contributed by atoms with Crippen molar-refractivity contribution >= 4 is 18.5 Å². The summed E-state index contributed by atoms with van der Waals surface area (Å²) in [6, 6.07) is 12.5. The molecule has 1 aliphatic rings. The number of thiol groups is 1. The number of hydrogen-bond donors (Lipinski definition) is 1. The fraction of sp³-hybridized carbons (Fsp3) is 0.235. The Balaban J connectivity index is 1.90. The van der Waals surface area contributed by atoms with E-state index in [1.807, 2.05) is 18.2 Å². The number of amides is 1. The van der Waals surface area contributed by atoms with Gasteiger partial charge in [-0.1, -0.05) is 24.3 Å². The molecule has 1 heterocycles. The molecular weight excluding hydrogens is 285 g/mol. The number of benzene rings is 2. The smallest absolute Gasteiger partial charge is 0.257 e. The molecule has 0 fully saturated rings. The van der Waals surface area contributed by atoms with Gasteiger partial charge < -0.3 is 4.90 Å². The first-order valence-electron chi connectivity index (χ1n) is 7.00. The van der Waals surface area contributed by atoms with Crippen LogP contribution in [-0.2, 0) is 13.0 Å². The zero-order valence-corrected chi connectivity index (χ0v) is 12.4. The predicted molar refractivity (Wildman–Crippen MR) is 83.2 cm³/mol. The predicted octanol–water partition coefficient (Wildman–Crippen LogP) is 3.70. The third kappa shape index (κ3) is 2.95. The van der Waals surface area contributed by atoms with E-state index in [0.29, 0.717) is 18.0 Å². The van der Waals surface area contributed by atoms with Crippen LogP contribution in [0.1, 0.15) is 27.9 Å². The summed E-state index contributed by atoms with van der Waals surface area (Å²) in [5.74, 6) is -0.754. The Hall–Kier alpha value is -1.81. The highest BCUT2D eigenvalue weighted by Crippen LogP contribution is 2.22. The number of carbonyl (C=O) groups excluding carboxylic acids is 1. The van der Waals surface area contributed by atoms with Crippen LogP contribution >= 0.6 is 12.6 Å². The van der Waals surface area contributed by atoms with Crippen molar-refractivity contribution in [2.75, 3.05) is 6.54 Å². The molecule has 2 aromatic carbocycles. The van der Waals surface area contributed by atoms with Gasteiger partial charge in [0.1, 0.15) is 5.82 Å². The lowest BCUT2D eigenvalue weighted by Gasteiger charge is -2.21. The molecule has 0 aliphatic carbocycles. The van der Waals surface area contributed by atoms with Crippen molar-refractivity contribution in [3.63, 3.8) is 0 Å². The second-order valence-electron chi connectivity index (χ2n) is 5.26. The third-order valence-electron chi connectivity index (χ3n) is 3.82. The van der Waals surface area contributed by atoms with E-state index in [1.54, 1.807) is 11.0 Å². The monoisotopic (exact) mass is 301 g/mol. The summed E-state index contributed by atoms with van der Waals surface area (Å²) < 4.78 is 13.9. The van der Waals surface area contributed by atoms with Gasteiger partial charge in [0.15, 0.2) is 0 Å². The van der Waals surface area contributed by atoms with Crippen LogP contribution in [0.3, 0.4) is 0 Å². The summed E-state index contributed by atoms with van der Waals surface area (Å²) in [5, 5.41) is 0. The molecule has 1 amide bonds. The molecule has 0 radical (unpaired) electrons. The third-order valence-corrected chi connectivity index (χ3v) is 4.10. The second kappa shape index (κ2) is 5.90. The minimum Gasteiger partial charge on any atom is -0.334 e. The maximum absolute atomic E-state index is 13.9. The van der Waals surface area contributed by atoms with Gasteiger partial charge in [-0.05, 0) is 42.2 Å². The lowest BCUT2D eigenvalue weighted by Crippen LogP contribution is -2.31. The van der Waals surface area contributed by atoms with Crippen LogP contribution in [0.5, 0.6) is 0 Å². The lowest BCUT2D eigenvalue weighted by atomic mass is 10.0. The minimum atomic E-state index is -0.490. The van der Waals surface area contributed by atoms with Crippen LogP contribution in [0, 0.1) is 5.82 Å². The molecule has 21 heavy (non-hydrogen) atoms. The van der Waals surface area contributed by atoms with Crippen molar-refractivity contribution in [3.05, 3.63) is 65.0 Å². The van der Waals surface area contributed by atoms with Crippen molar-refractivity contribution in [3.8, 4) is 0 Å². The highest BCUT2D eigenvalue weighted by atomic mass is 32.1. The van der Waals surface area contributed by atoms with Gasteiger partial charge in [0, 0.05) is 18.0 Å². The Bertz CT molecular complexity index is 686. The average Bonchev–Trinajstić information content (AvgIpc) is 2.71. The topological polar surface area (TPSA) is 20.3 Å². The fourth-order valence-electron chi connectivity index (χ4n) is 2.72. The molecule has 0 aromatic heterocycles. The molecule has 0 unspecified atom stereocenters. The van der Waals surface area contributed by atoms with Crippen molar-refractivity contribution in [2.45, 2.75) is 24.3 Å². The molecule has 0 N–H and O–H groups in total. The molecule has 0 saturated carbocycles. The van der Waals surface area contributed by atoms with Gasteiger partial charge in [-0.25, -0.2) is 4.39 Å². The van der Waals surface area contributed by atoms with E-state index in [1.165, 1.54) is 17.7 Å². The molecule has 4 heteroatoms. The molecule has 108 valence electrons. The van der Waals surface area contributed by atoms with Gasteiger partial charge in [-0.2, -0.15) is 0 Å². The van der Waals surface area contributed by atoms with Gasteiger partial charge in [-0.3, -0.25) is 4.79 Å². The van der Waals surface area contributed by atoms with Crippen molar-refractivity contribution in [1.82, 2.24) is 4.90 Å². The van der Waals surface area contributed by atoms with Crippen molar-refractivity contribution in [2.24, 2.45) is 0 Å². The van der Waals surface area contributed by atoms with Crippen LogP contribution in [0.4, 0.5) is 4.39 Å². The maximum atomic E-state index is 13.9. The van der Waals surface area contributed by atoms with Crippen LogP contribution < -0.4 is 0 Å². The summed E-state index contributed by atoms with van der Waals surface area (Å²) in [6.45, 7) is 1.18. The summed E-state index contributed by atoms with van der Waals surface area (Å²) in [5.41, 5.74) is 2.52. The van der Waals surface area contributed by atoms with Gasteiger partial charge in [0.05, 0.1) is 5.56 Å². The largest absolute Gasteiger partial charge is 0.334 e. The summed E-state index contributed by atoms with van der Waals surface area (Å²) in [6.07, 6.45) is 1.85. The standard InChI is InChI=1S/C17H16FNOS/c18-16-8-7-14(21)10-15(16)17(20)19-9-3-6-12-4-1-2-5-13(12)11-19/h1-2,4-5,7-8,10,21H,3,6,9,11H2. The Labute approximate surface area is 129 Å². The van der Waals surface area contributed by atoms with E-state index in [9.17, 15) is 9.18 Å². The minimum absolute atomic E-state index is 0.0990. The van der Waals surface area contributed by atoms with Crippen LogP contribution in [0.25, 0.3) is 0 Å². The first kappa shape index (κ1) is 14.1. The van der Waals surface area contributed by atoms with Crippen molar-refractivity contribution < 1.29 is 9.18 Å². The van der Waals surface area contributed by atoms with Crippen molar-refractivity contribution in [1.29, 1.82) is 0 Å². The van der Waals surface area contributed by atoms with Gasteiger partial charge >= 0.3 is 0 Å². The SMILES string of the molecule is O=C(c1cc(S)ccc1F)N1CCCc2ccccc2C1. The average molecular weight is 301 g/mol. The zero-order chi connectivity index (χ0) is 14.8. The van der Waals surface area contributed by atoms with E-state index in [2.05, 4.69) is 18.7 Å². The molecule has 2 aromatic rings. The normalized spacial score (nSPS) is 14.5. The van der Waals surface area contributed by atoms with E-state index in [0.717, 1.165) is 18.4 Å². The molecule has 0 saturated heterocycles. The van der Waals surface area contributed by atoms with Gasteiger partial charge in [-0.15, -0.1) is 12.6 Å². The number of aryl methyl sites for hydroxylation is 1. The highest BCUT2D eigenvalue weighted by Gasteiger charge is 2.22. The number of nitrogens with zero attached hydrogens (tertiary/aromatic N) is 1. The molecular formula is C17H16FNOS. The van der Waals surface area contributed by atoms with Crippen LogP contribution in [0.15, 0.2) is 47.4 Å². The van der Waals surface area contributed by atoms with E-state index < -0.39 is 5.82 Å². The molecule has 2 nitrogen and oxygen atoms in total. The highest BCUT2D eigenvalue weighted by molar-refractivity contribution is 7.80. The second-order valence-corrected chi connectivity index (χ2v) is 5.78. The number of hydrogen-bond acceptors (Lipinski definition) is 2. The quantitative estimate of drug-likeness (QED) is 0.796. The zero-order valence-electron chi connectivity index (χ0n) is 11.6. The van der Waals surface area contributed by atoms with E-state index >= 15 is 0 Å². The number of halogens is 1. The molecule has 1 aliphatic heterocycles. The van der Waals surface area contributed by atoms with E-state index in [4.69, 9.17) is 0 Å². The van der Waals surface area contributed by atoms with Gasteiger partial charge in [0.2, 0.25) is 0 Å². The van der Waals surface area contributed by atoms with Crippen LogP contribution in [-0.4, -0.2) is 17.4 Å². The Morgan fingerprint density at radius 2 is 1.90 bits per heavy atom. The molecule has 0 bridgehead atoms. The number of rotatable bonds is 1. The molecule has 3 rings (SSSR count). The first-order chi connectivity index (χ1) is 10.1. The number of fused-ring (bicyclic) bond motifs is 1. The molecule has 0 spiro atoms. The Kier molecular flexibility index (Phi) is 3.97. The summed E-state index contributed by atoms with van der Waals surface area (Å²) >= 11 is 4.19. The molecule has 0 atom stereocenters. The Morgan fingerprint density at radius 3 is 2.71 bits per heavy atom. The van der Waals surface area contributed by atoms with Crippen LogP contribution in [0.2, 0.25) is 0 Å². The maximum Gasteiger partial charge on any atom is 0.257 e. The summed E-state index contributed by atoms with van der Waals surface area (Å²) in [7, 11) is 0. The van der Waals surface area contributed by atoms with Gasteiger partial charge in [0.25, 0.3) is 5.91 Å².